The van der Waals surface area contributed by atoms with Gasteiger partial charge in [0.2, 0.25) is 0 Å². The van der Waals surface area contributed by atoms with E-state index in [4.69, 9.17) is 0 Å². The summed E-state index contributed by atoms with van der Waals surface area (Å²) < 4.78 is 26.7. The zero-order valence-corrected chi connectivity index (χ0v) is 14.8. The van der Waals surface area contributed by atoms with Crippen LogP contribution in [0.1, 0.15) is 17.5 Å². The molecule has 0 radical (unpaired) electrons. The molecule has 0 bridgehead atoms. The van der Waals surface area contributed by atoms with Gasteiger partial charge in [0.25, 0.3) is 0 Å². The van der Waals surface area contributed by atoms with E-state index in [0.29, 0.717) is 12.5 Å². The summed E-state index contributed by atoms with van der Waals surface area (Å²) in [6.45, 7) is 5.37. The van der Waals surface area contributed by atoms with E-state index in [2.05, 4.69) is 46.7 Å². The lowest BCUT2D eigenvalue weighted by atomic mass is 10.1. The van der Waals surface area contributed by atoms with Crippen molar-refractivity contribution in [3.05, 3.63) is 65.2 Å². The van der Waals surface area contributed by atoms with Crippen LogP contribution in [0.2, 0.25) is 0 Å². The normalized spacial score (nSPS) is 17.3. The molecule has 2 N–H and O–H groups in total. The number of likely N-dealkylation sites (tertiary alicyclic amines) is 1. The lowest BCUT2D eigenvalue weighted by molar-refractivity contribution is 0.249. The Kier molecular flexibility index (Phi) is 5.83. The van der Waals surface area contributed by atoms with Crippen LogP contribution in [0.4, 0.5) is 19.3 Å². The fourth-order valence-corrected chi connectivity index (χ4v) is 3.17. The number of amides is 2. The number of hydrogen-bond acceptors (Lipinski definition) is 2. The Balaban J connectivity index is 1.43. The first-order valence-corrected chi connectivity index (χ1v) is 8.77. The lowest BCUT2D eigenvalue weighted by Gasteiger charge is -2.17. The Labute approximate surface area is 152 Å². The van der Waals surface area contributed by atoms with E-state index in [1.54, 1.807) is 0 Å². The second kappa shape index (κ2) is 8.27. The summed E-state index contributed by atoms with van der Waals surface area (Å²) in [4.78, 5) is 14.3. The van der Waals surface area contributed by atoms with Crippen molar-refractivity contribution in [2.75, 3.05) is 25.0 Å². The van der Waals surface area contributed by atoms with Crippen molar-refractivity contribution in [2.45, 2.75) is 19.9 Å². The molecule has 2 aromatic rings. The molecular formula is C20H23F2N3O. The maximum atomic E-state index is 13.5. The number of benzene rings is 2. The number of carbonyl (C=O) groups excluding carboxylic acids is 1. The van der Waals surface area contributed by atoms with Crippen molar-refractivity contribution in [1.29, 1.82) is 0 Å². The highest BCUT2D eigenvalue weighted by atomic mass is 19.1. The maximum absolute atomic E-state index is 13.5. The third-order valence-corrected chi connectivity index (χ3v) is 4.62. The van der Waals surface area contributed by atoms with Crippen LogP contribution in [-0.4, -0.2) is 30.6 Å². The second-order valence-electron chi connectivity index (χ2n) is 6.83. The summed E-state index contributed by atoms with van der Waals surface area (Å²) in [6, 6.07) is 11.0. The molecule has 0 unspecified atom stereocenters. The van der Waals surface area contributed by atoms with E-state index in [1.165, 1.54) is 11.1 Å². The summed E-state index contributed by atoms with van der Waals surface area (Å²) in [7, 11) is 0. The van der Waals surface area contributed by atoms with Gasteiger partial charge in [0.15, 0.2) is 0 Å². The van der Waals surface area contributed by atoms with E-state index in [1.807, 2.05) is 0 Å². The van der Waals surface area contributed by atoms with Gasteiger partial charge in [-0.1, -0.05) is 29.8 Å². The van der Waals surface area contributed by atoms with E-state index < -0.39 is 17.7 Å². The SMILES string of the molecule is Cc1ccc(CN2CC[C@H](CNC(=O)Nc3cc(F)ccc3F)C2)cc1. The van der Waals surface area contributed by atoms with Crippen LogP contribution in [-0.2, 0) is 6.54 Å². The first-order chi connectivity index (χ1) is 12.5. The zero-order valence-electron chi connectivity index (χ0n) is 14.8. The summed E-state index contributed by atoms with van der Waals surface area (Å²) in [5.74, 6) is -0.903. The van der Waals surface area contributed by atoms with Gasteiger partial charge < -0.3 is 10.6 Å². The molecule has 138 valence electrons. The molecule has 1 saturated heterocycles. The molecule has 1 aliphatic rings. The highest BCUT2D eigenvalue weighted by molar-refractivity contribution is 5.89. The number of halogens is 2. The van der Waals surface area contributed by atoms with Gasteiger partial charge in [0.05, 0.1) is 5.69 Å². The number of hydrogen-bond donors (Lipinski definition) is 2. The molecule has 4 nitrogen and oxygen atoms in total. The molecule has 0 saturated carbocycles. The van der Waals surface area contributed by atoms with E-state index in [0.717, 1.165) is 44.3 Å². The molecule has 0 aromatic heterocycles. The molecule has 3 rings (SSSR count). The number of nitrogens with one attached hydrogen (secondary N) is 2. The minimum Gasteiger partial charge on any atom is -0.338 e. The van der Waals surface area contributed by atoms with Gasteiger partial charge in [-0.15, -0.1) is 0 Å². The molecule has 1 atom stereocenters. The van der Waals surface area contributed by atoms with Gasteiger partial charge in [0, 0.05) is 25.7 Å². The molecule has 1 heterocycles. The smallest absolute Gasteiger partial charge is 0.319 e. The molecule has 0 aliphatic carbocycles. The highest BCUT2D eigenvalue weighted by Gasteiger charge is 2.23. The average Bonchev–Trinajstić information content (AvgIpc) is 3.06. The molecule has 2 amide bonds. The van der Waals surface area contributed by atoms with Gasteiger partial charge >= 0.3 is 6.03 Å². The van der Waals surface area contributed by atoms with Gasteiger partial charge in [-0.05, 0) is 43.5 Å². The Morgan fingerprint density at radius 1 is 1.19 bits per heavy atom. The summed E-state index contributed by atoms with van der Waals surface area (Å²) in [6.07, 6.45) is 1.00. The van der Waals surface area contributed by atoms with E-state index in [-0.39, 0.29) is 5.69 Å². The monoisotopic (exact) mass is 359 g/mol. The van der Waals surface area contributed by atoms with Crippen molar-refractivity contribution in [3.63, 3.8) is 0 Å². The molecule has 1 aliphatic heterocycles. The Bertz CT molecular complexity index is 764. The molecule has 26 heavy (non-hydrogen) atoms. The average molecular weight is 359 g/mol. The molecule has 1 fully saturated rings. The van der Waals surface area contributed by atoms with Gasteiger partial charge in [-0.25, -0.2) is 13.6 Å². The van der Waals surface area contributed by atoms with Gasteiger partial charge in [0.1, 0.15) is 11.6 Å². The van der Waals surface area contributed by atoms with Crippen LogP contribution in [0.25, 0.3) is 0 Å². The third-order valence-electron chi connectivity index (χ3n) is 4.62. The maximum Gasteiger partial charge on any atom is 0.319 e. The Morgan fingerprint density at radius 3 is 2.73 bits per heavy atom. The van der Waals surface area contributed by atoms with E-state index in [9.17, 15) is 13.6 Å². The molecule has 6 heteroatoms. The van der Waals surface area contributed by atoms with E-state index >= 15 is 0 Å². The number of carbonyl (C=O) groups is 1. The fourth-order valence-electron chi connectivity index (χ4n) is 3.17. The van der Waals surface area contributed by atoms with Crippen molar-refractivity contribution in [2.24, 2.45) is 5.92 Å². The minimum atomic E-state index is -0.660. The topological polar surface area (TPSA) is 44.4 Å². The van der Waals surface area contributed by atoms with Crippen LogP contribution < -0.4 is 10.6 Å². The number of anilines is 1. The largest absolute Gasteiger partial charge is 0.338 e. The van der Waals surface area contributed by atoms with Crippen LogP contribution in [0.3, 0.4) is 0 Å². The summed E-state index contributed by atoms with van der Waals surface area (Å²) in [5, 5.41) is 5.10. The minimum absolute atomic E-state index is 0.157. The molecule has 0 spiro atoms. The third kappa shape index (κ3) is 5.02. The summed E-state index contributed by atoms with van der Waals surface area (Å²) in [5.41, 5.74) is 2.37. The quantitative estimate of drug-likeness (QED) is 0.850. The number of aryl methyl sites for hydroxylation is 1. The first kappa shape index (κ1) is 18.3. The second-order valence-corrected chi connectivity index (χ2v) is 6.83. The fraction of sp³-hybridized carbons (Fsp3) is 0.350. The van der Waals surface area contributed by atoms with Crippen LogP contribution in [0, 0.1) is 24.5 Å². The van der Waals surface area contributed by atoms with Crippen LogP contribution in [0.5, 0.6) is 0 Å². The predicted molar refractivity (Wildman–Crippen MR) is 97.9 cm³/mol. The van der Waals surface area contributed by atoms with Crippen molar-refractivity contribution in [1.82, 2.24) is 10.2 Å². The van der Waals surface area contributed by atoms with Gasteiger partial charge in [-0.3, -0.25) is 4.90 Å². The number of rotatable bonds is 5. The molecule has 2 aromatic carbocycles. The predicted octanol–water partition coefficient (Wildman–Crippen LogP) is 3.92. The Morgan fingerprint density at radius 2 is 1.96 bits per heavy atom. The standard InChI is InChI=1S/C20H23F2N3O/c1-14-2-4-15(5-3-14)12-25-9-8-16(13-25)11-23-20(26)24-19-10-17(21)6-7-18(19)22/h2-7,10,16H,8-9,11-13H2,1H3,(H2,23,24,26)/t16-/m1/s1. The van der Waals surface area contributed by atoms with Crippen LogP contribution in [0.15, 0.2) is 42.5 Å². The van der Waals surface area contributed by atoms with Crippen molar-refractivity contribution >= 4 is 11.7 Å². The number of nitrogens with zero attached hydrogens (tertiary/aromatic N) is 1. The molecular weight excluding hydrogens is 336 g/mol. The Hall–Kier alpha value is -2.47. The van der Waals surface area contributed by atoms with Crippen molar-refractivity contribution in [3.8, 4) is 0 Å². The van der Waals surface area contributed by atoms with Crippen molar-refractivity contribution < 1.29 is 13.6 Å². The first-order valence-electron chi connectivity index (χ1n) is 8.77. The zero-order chi connectivity index (χ0) is 18.5. The van der Waals surface area contributed by atoms with Crippen LogP contribution >= 0.6 is 0 Å². The van der Waals surface area contributed by atoms with Gasteiger partial charge in [-0.2, -0.15) is 0 Å². The lowest BCUT2D eigenvalue weighted by Crippen LogP contribution is -2.34. The summed E-state index contributed by atoms with van der Waals surface area (Å²) >= 11 is 0. The number of urea groups is 1. The highest BCUT2D eigenvalue weighted by Crippen LogP contribution is 2.19.